The van der Waals surface area contributed by atoms with Gasteiger partial charge in [0.05, 0.1) is 12.1 Å². The molecule has 23 heavy (non-hydrogen) atoms. The van der Waals surface area contributed by atoms with Crippen LogP contribution in [0.3, 0.4) is 0 Å². The zero-order valence-corrected chi connectivity index (χ0v) is 13.6. The van der Waals surface area contributed by atoms with Crippen molar-refractivity contribution in [2.24, 2.45) is 0 Å². The summed E-state index contributed by atoms with van der Waals surface area (Å²) in [4.78, 5) is 26.9. The van der Waals surface area contributed by atoms with Crippen LogP contribution < -0.4 is 5.32 Å². The Morgan fingerprint density at radius 1 is 1.30 bits per heavy atom. The molecule has 1 fully saturated rings. The lowest BCUT2D eigenvalue weighted by atomic mass is 10.0. The Kier molecular flexibility index (Phi) is 4.23. The number of rotatable bonds is 4. The van der Waals surface area contributed by atoms with Crippen LogP contribution in [-0.2, 0) is 4.79 Å². The summed E-state index contributed by atoms with van der Waals surface area (Å²) < 4.78 is 0. The zero-order valence-electron chi connectivity index (χ0n) is 13.6. The minimum Gasteiger partial charge on any atom is -0.364 e. The number of anilines is 1. The SMILES string of the molecule is CC(C)c1nccc(N[C@@H]2CC(=O)N(C)[C@H]2c2cccnc2)n1. The van der Waals surface area contributed by atoms with Gasteiger partial charge in [0.1, 0.15) is 11.6 Å². The Labute approximate surface area is 136 Å². The molecule has 0 aliphatic carbocycles. The van der Waals surface area contributed by atoms with E-state index in [0.29, 0.717) is 6.42 Å². The highest BCUT2D eigenvalue weighted by molar-refractivity contribution is 5.80. The summed E-state index contributed by atoms with van der Waals surface area (Å²) in [7, 11) is 1.83. The third-order valence-electron chi connectivity index (χ3n) is 4.14. The van der Waals surface area contributed by atoms with Crippen LogP contribution in [0.4, 0.5) is 5.82 Å². The number of likely N-dealkylation sites (tertiary alicyclic amines) is 1. The fourth-order valence-corrected chi connectivity index (χ4v) is 2.93. The van der Waals surface area contributed by atoms with Gasteiger partial charge in [0, 0.05) is 38.0 Å². The Balaban J connectivity index is 1.86. The number of carbonyl (C=O) groups excluding carboxylic acids is 1. The molecule has 0 radical (unpaired) electrons. The molecule has 3 rings (SSSR count). The lowest BCUT2D eigenvalue weighted by molar-refractivity contribution is -0.127. The largest absolute Gasteiger partial charge is 0.364 e. The van der Waals surface area contributed by atoms with E-state index in [4.69, 9.17) is 0 Å². The maximum absolute atomic E-state index is 12.2. The van der Waals surface area contributed by atoms with Gasteiger partial charge in [0.15, 0.2) is 0 Å². The van der Waals surface area contributed by atoms with E-state index in [-0.39, 0.29) is 23.9 Å². The molecule has 3 heterocycles. The second-order valence-electron chi connectivity index (χ2n) is 6.15. The second kappa shape index (κ2) is 6.32. The summed E-state index contributed by atoms with van der Waals surface area (Å²) in [5.74, 6) is 1.93. The van der Waals surface area contributed by atoms with Gasteiger partial charge in [-0.1, -0.05) is 19.9 Å². The Bertz CT molecular complexity index is 688. The molecule has 2 atom stereocenters. The van der Waals surface area contributed by atoms with Gasteiger partial charge in [-0.3, -0.25) is 9.78 Å². The smallest absolute Gasteiger partial charge is 0.225 e. The highest BCUT2D eigenvalue weighted by atomic mass is 16.2. The molecule has 1 saturated heterocycles. The molecule has 1 amide bonds. The number of aromatic nitrogens is 3. The van der Waals surface area contributed by atoms with Crippen LogP contribution in [0.2, 0.25) is 0 Å². The Morgan fingerprint density at radius 2 is 2.13 bits per heavy atom. The van der Waals surface area contributed by atoms with Gasteiger partial charge in [0.2, 0.25) is 5.91 Å². The van der Waals surface area contributed by atoms with Crippen LogP contribution in [-0.4, -0.2) is 38.8 Å². The number of hydrogen-bond acceptors (Lipinski definition) is 5. The highest BCUT2D eigenvalue weighted by Crippen LogP contribution is 2.33. The van der Waals surface area contributed by atoms with Crippen LogP contribution >= 0.6 is 0 Å². The van der Waals surface area contributed by atoms with E-state index in [1.54, 1.807) is 17.3 Å². The van der Waals surface area contributed by atoms with Crippen molar-refractivity contribution < 1.29 is 4.79 Å². The van der Waals surface area contributed by atoms with E-state index in [9.17, 15) is 4.79 Å². The molecule has 2 aromatic heterocycles. The summed E-state index contributed by atoms with van der Waals surface area (Å²) >= 11 is 0. The van der Waals surface area contributed by atoms with Gasteiger partial charge in [0.25, 0.3) is 0 Å². The summed E-state index contributed by atoms with van der Waals surface area (Å²) in [5, 5.41) is 3.40. The molecule has 0 spiro atoms. The van der Waals surface area contributed by atoms with Gasteiger partial charge in [-0.05, 0) is 17.7 Å². The average Bonchev–Trinajstić information content (AvgIpc) is 2.82. The van der Waals surface area contributed by atoms with Crippen LogP contribution in [0.15, 0.2) is 36.8 Å². The van der Waals surface area contributed by atoms with E-state index in [1.165, 1.54) is 0 Å². The Morgan fingerprint density at radius 3 is 2.83 bits per heavy atom. The van der Waals surface area contributed by atoms with E-state index in [0.717, 1.165) is 17.2 Å². The molecule has 0 aromatic carbocycles. The van der Waals surface area contributed by atoms with Gasteiger partial charge in [-0.2, -0.15) is 0 Å². The first-order valence-corrected chi connectivity index (χ1v) is 7.81. The summed E-state index contributed by atoms with van der Waals surface area (Å²) in [6.07, 6.45) is 5.75. The fourth-order valence-electron chi connectivity index (χ4n) is 2.93. The molecule has 6 nitrogen and oxygen atoms in total. The average molecular weight is 311 g/mol. The van der Waals surface area contributed by atoms with Gasteiger partial charge >= 0.3 is 0 Å². The molecular weight excluding hydrogens is 290 g/mol. The molecule has 2 aromatic rings. The quantitative estimate of drug-likeness (QED) is 0.938. The molecule has 1 N–H and O–H groups in total. The third kappa shape index (κ3) is 3.16. The van der Waals surface area contributed by atoms with Crippen LogP contribution in [0.5, 0.6) is 0 Å². The van der Waals surface area contributed by atoms with Crippen molar-refractivity contribution in [1.82, 2.24) is 19.9 Å². The number of nitrogens with one attached hydrogen (secondary N) is 1. The van der Waals surface area contributed by atoms with Crippen LogP contribution in [0.1, 0.15) is 43.6 Å². The topological polar surface area (TPSA) is 71.0 Å². The number of nitrogens with zero attached hydrogens (tertiary/aromatic N) is 4. The molecule has 6 heteroatoms. The number of amides is 1. The standard InChI is InChI=1S/C17H21N5O/c1-11(2)17-19-8-6-14(21-17)20-13-9-15(23)22(3)16(13)12-5-4-7-18-10-12/h4-8,10-11,13,16H,9H2,1-3H3,(H,19,20,21)/t13-,16+/m1/s1. The first-order chi connectivity index (χ1) is 11.1. The van der Waals surface area contributed by atoms with Crippen molar-refractivity contribution in [3.05, 3.63) is 48.2 Å². The molecule has 0 bridgehead atoms. The lowest BCUT2D eigenvalue weighted by Crippen LogP contribution is -2.30. The van der Waals surface area contributed by atoms with Crippen molar-refractivity contribution >= 4 is 11.7 Å². The summed E-state index contributed by atoms with van der Waals surface area (Å²) in [6, 6.07) is 5.65. The van der Waals surface area contributed by atoms with Crippen molar-refractivity contribution in [3.63, 3.8) is 0 Å². The molecule has 0 unspecified atom stereocenters. The summed E-state index contributed by atoms with van der Waals surface area (Å²) in [6.45, 7) is 4.12. The molecule has 1 aliphatic heterocycles. The van der Waals surface area contributed by atoms with Gasteiger partial charge in [-0.15, -0.1) is 0 Å². The zero-order chi connectivity index (χ0) is 16.4. The van der Waals surface area contributed by atoms with Gasteiger partial charge in [-0.25, -0.2) is 9.97 Å². The number of hydrogen-bond donors (Lipinski definition) is 1. The highest BCUT2D eigenvalue weighted by Gasteiger charge is 2.38. The first kappa shape index (κ1) is 15.4. The monoisotopic (exact) mass is 311 g/mol. The first-order valence-electron chi connectivity index (χ1n) is 7.81. The minimum absolute atomic E-state index is 0.0355. The van der Waals surface area contributed by atoms with Crippen molar-refractivity contribution in [2.75, 3.05) is 12.4 Å². The number of carbonyl (C=O) groups is 1. The Hall–Kier alpha value is -2.50. The van der Waals surface area contributed by atoms with Crippen molar-refractivity contribution in [3.8, 4) is 0 Å². The fraction of sp³-hybridized carbons (Fsp3) is 0.412. The van der Waals surface area contributed by atoms with E-state index >= 15 is 0 Å². The molecular formula is C17H21N5O. The second-order valence-corrected chi connectivity index (χ2v) is 6.15. The maximum Gasteiger partial charge on any atom is 0.225 e. The van der Waals surface area contributed by atoms with E-state index in [2.05, 4.69) is 34.1 Å². The molecule has 120 valence electrons. The number of likely N-dealkylation sites (N-methyl/N-ethyl adjacent to an activating group) is 1. The van der Waals surface area contributed by atoms with Crippen molar-refractivity contribution in [1.29, 1.82) is 0 Å². The summed E-state index contributed by atoms with van der Waals surface area (Å²) in [5.41, 5.74) is 1.02. The van der Waals surface area contributed by atoms with Gasteiger partial charge < -0.3 is 10.2 Å². The van der Waals surface area contributed by atoms with E-state index < -0.39 is 0 Å². The third-order valence-corrected chi connectivity index (χ3v) is 4.14. The van der Waals surface area contributed by atoms with Crippen molar-refractivity contribution in [2.45, 2.75) is 38.3 Å². The lowest BCUT2D eigenvalue weighted by Gasteiger charge is -2.26. The molecule has 0 saturated carbocycles. The minimum atomic E-state index is -0.0475. The maximum atomic E-state index is 12.2. The predicted molar refractivity (Wildman–Crippen MR) is 87.9 cm³/mol. The molecule has 1 aliphatic rings. The predicted octanol–water partition coefficient (Wildman–Crippen LogP) is 2.38. The normalized spacial score (nSPS) is 21.0. The van der Waals surface area contributed by atoms with Crippen LogP contribution in [0.25, 0.3) is 0 Å². The number of pyridine rings is 1. The van der Waals surface area contributed by atoms with E-state index in [1.807, 2.05) is 31.4 Å². The van der Waals surface area contributed by atoms with Crippen LogP contribution in [0, 0.1) is 0 Å².